The summed E-state index contributed by atoms with van der Waals surface area (Å²) in [7, 11) is 0. The summed E-state index contributed by atoms with van der Waals surface area (Å²) in [6.45, 7) is 1.49. The molecular weight excluding hydrogens is 287 g/mol. The number of alkyl halides is 1. The third-order valence-corrected chi connectivity index (χ3v) is 4.01. The van der Waals surface area contributed by atoms with Gasteiger partial charge in [0.05, 0.1) is 6.04 Å². The molecule has 0 aliphatic heterocycles. The van der Waals surface area contributed by atoms with Crippen LogP contribution in [0, 0.1) is 6.92 Å². The molecule has 3 nitrogen and oxygen atoms in total. The third-order valence-electron chi connectivity index (χ3n) is 3.12. The summed E-state index contributed by atoms with van der Waals surface area (Å²) in [5, 5.41) is 7.45. The molecule has 0 saturated heterocycles. The minimum atomic E-state index is -0.562. The van der Waals surface area contributed by atoms with E-state index in [1.807, 2.05) is 36.6 Å². The number of urea groups is 1. The van der Waals surface area contributed by atoms with E-state index in [1.54, 1.807) is 11.3 Å². The summed E-state index contributed by atoms with van der Waals surface area (Å²) < 4.78 is 12.1. The molecule has 0 bridgehead atoms. The fourth-order valence-electron chi connectivity index (χ4n) is 2.14. The molecule has 2 rings (SSSR count). The van der Waals surface area contributed by atoms with Crippen LogP contribution in [0.1, 0.15) is 22.0 Å². The Bertz CT molecular complexity index is 571. The summed E-state index contributed by atoms with van der Waals surface area (Å²) in [6.07, 6.45) is 0.726. The first-order chi connectivity index (χ1) is 10.2. The van der Waals surface area contributed by atoms with Crippen molar-refractivity contribution >= 4 is 17.4 Å². The van der Waals surface area contributed by atoms with Gasteiger partial charge >= 0.3 is 6.03 Å². The molecule has 1 aromatic heterocycles. The van der Waals surface area contributed by atoms with Crippen LogP contribution in [-0.2, 0) is 6.42 Å². The molecular formula is C16H19FN2OS. The number of benzene rings is 1. The van der Waals surface area contributed by atoms with Gasteiger partial charge in [0.25, 0.3) is 0 Å². The first-order valence-electron chi connectivity index (χ1n) is 6.88. The van der Waals surface area contributed by atoms with Crippen molar-refractivity contribution in [2.24, 2.45) is 0 Å². The lowest BCUT2D eigenvalue weighted by atomic mass is 10.0. The lowest BCUT2D eigenvalue weighted by Crippen LogP contribution is -2.39. The van der Waals surface area contributed by atoms with Crippen LogP contribution in [0.3, 0.4) is 0 Å². The Morgan fingerprint density at radius 1 is 1.33 bits per heavy atom. The van der Waals surface area contributed by atoms with E-state index in [0.717, 1.165) is 17.5 Å². The predicted octanol–water partition coefficient (Wildman–Crippen LogP) is 3.61. The molecule has 21 heavy (non-hydrogen) atoms. The third kappa shape index (κ3) is 4.86. The molecule has 0 saturated carbocycles. The molecule has 0 spiro atoms. The number of aryl methyl sites for hydroxylation is 1. The van der Waals surface area contributed by atoms with E-state index < -0.39 is 6.67 Å². The summed E-state index contributed by atoms with van der Waals surface area (Å²) >= 11 is 1.66. The average molecular weight is 306 g/mol. The van der Waals surface area contributed by atoms with Crippen LogP contribution < -0.4 is 10.6 Å². The van der Waals surface area contributed by atoms with Crippen molar-refractivity contribution in [3.63, 3.8) is 0 Å². The number of nitrogens with one attached hydrogen (secondary N) is 2. The number of amides is 2. The molecule has 0 aliphatic carbocycles. The van der Waals surface area contributed by atoms with E-state index in [4.69, 9.17) is 0 Å². The van der Waals surface area contributed by atoms with E-state index in [0.29, 0.717) is 0 Å². The predicted molar refractivity (Wildman–Crippen MR) is 84.5 cm³/mol. The van der Waals surface area contributed by atoms with Crippen molar-refractivity contribution in [2.45, 2.75) is 19.4 Å². The molecule has 1 unspecified atom stereocenters. The van der Waals surface area contributed by atoms with E-state index in [9.17, 15) is 9.18 Å². The minimum Gasteiger partial charge on any atom is -0.336 e. The van der Waals surface area contributed by atoms with Gasteiger partial charge in [-0.2, -0.15) is 0 Å². The van der Waals surface area contributed by atoms with Crippen molar-refractivity contribution in [3.05, 3.63) is 57.8 Å². The minimum absolute atomic E-state index is 0.0331. The first-order valence-corrected chi connectivity index (χ1v) is 7.76. The fraction of sp³-hybridized carbons (Fsp3) is 0.312. The van der Waals surface area contributed by atoms with Crippen LogP contribution in [0.25, 0.3) is 0 Å². The Morgan fingerprint density at radius 3 is 2.86 bits per heavy atom. The largest absolute Gasteiger partial charge is 0.336 e. The van der Waals surface area contributed by atoms with Crippen LogP contribution in [-0.4, -0.2) is 19.3 Å². The smallest absolute Gasteiger partial charge is 0.315 e. The molecule has 1 heterocycles. The van der Waals surface area contributed by atoms with Crippen molar-refractivity contribution in [3.8, 4) is 0 Å². The van der Waals surface area contributed by atoms with Gasteiger partial charge in [-0.1, -0.05) is 35.9 Å². The van der Waals surface area contributed by atoms with Gasteiger partial charge in [-0.3, -0.25) is 0 Å². The molecule has 5 heteroatoms. The maximum atomic E-state index is 12.1. The van der Waals surface area contributed by atoms with Crippen LogP contribution in [0.2, 0.25) is 0 Å². The standard InChI is InChI=1S/C16H19FN2OS/c1-12-4-2-5-13(10-12)15(11-14-6-3-9-21-14)19-16(20)18-8-7-17/h2-6,9-10,15H,7-8,11H2,1H3,(H2,18,19,20). The molecule has 1 atom stereocenters. The van der Waals surface area contributed by atoms with Gasteiger partial charge in [0, 0.05) is 17.8 Å². The van der Waals surface area contributed by atoms with Crippen molar-refractivity contribution < 1.29 is 9.18 Å². The number of rotatable bonds is 6. The van der Waals surface area contributed by atoms with Crippen LogP contribution >= 0.6 is 11.3 Å². The summed E-state index contributed by atoms with van der Waals surface area (Å²) in [6, 6.07) is 11.7. The van der Waals surface area contributed by atoms with Gasteiger partial charge in [-0.25, -0.2) is 9.18 Å². The second-order valence-corrected chi connectivity index (χ2v) is 5.87. The highest BCUT2D eigenvalue weighted by Crippen LogP contribution is 2.22. The van der Waals surface area contributed by atoms with Gasteiger partial charge in [0.1, 0.15) is 6.67 Å². The number of halogens is 1. The Kier molecular flexibility index (Phi) is 5.75. The molecule has 0 radical (unpaired) electrons. The van der Waals surface area contributed by atoms with Gasteiger partial charge < -0.3 is 10.6 Å². The topological polar surface area (TPSA) is 41.1 Å². The lowest BCUT2D eigenvalue weighted by Gasteiger charge is -2.19. The zero-order valence-corrected chi connectivity index (χ0v) is 12.8. The number of hydrogen-bond donors (Lipinski definition) is 2. The summed E-state index contributed by atoms with van der Waals surface area (Å²) in [4.78, 5) is 13.0. The SMILES string of the molecule is Cc1cccc(C(Cc2cccs2)NC(=O)NCCF)c1. The highest BCUT2D eigenvalue weighted by molar-refractivity contribution is 7.09. The highest BCUT2D eigenvalue weighted by atomic mass is 32.1. The average Bonchev–Trinajstić information content (AvgIpc) is 2.97. The van der Waals surface area contributed by atoms with Crippen LogP contribution in [0.5, 0.6) is 0 Å². The maximum Gasteiger partial charge on any atom is 0.315 e. The van der Waals surface area contributed by atoms with Crippen molar-refractivity contribution in [2.75, 3.05) is 13.2 Å². The van der Waals surface area contributed by atoms with E-state index in [2.05, 4.69) is 22.8 Å². The molecule has 1 aromatic carbocycles. The van der Waals surface area contributed by atoms with E-state index in [1.165, 1.54) is 4.88 Å². The Hall–Kier alpha value is -1.88. The second kappa shape index (κ2) is 7.78. The summed E-state index contributed by atoms with van der Waals surface area (Å²) in [5.74, 6) is 0. The maximum absolute atomic E-state index is 12.1. The zero-order valence-electron chi connectivity index (χ0n) is 11.9. The molecule has 112 valence electrons. The Labute approximate surface area is 128 Å². The first kappa shape index (κ1) is 15.5. The quantitative estimate of drug-likeness (QED) is 0.841. The van der Waals surface area contributed by atoms with Crippen molar-refractivity contribution in [1.82, 2.24) is 10.6 Å². The Balaban J connectivity index is 2.12. The number of carbonyl (C=O) groups is 1. The monoisotopic (exact) mass is 306 g/mol. The zero-order chi connectivity index (χ0) is 15.1. The fourth-order valence-corrected chi connectivity index (χ4v) is 2.89. The van der Waals surface area contributed by atoms with Gasteiger partial charge in [-0.05, 0) is 23.9 Å². The number of hydrogen-bond acceptors (Lipinski definition) is 2. The van der Waals surface area contributed by atoms with E-state index in [-0.39, 0.29) is 18.6 Å². The van der Waals surface area contributed by atoms with Crippen LogP contribution in [0.15, 0.2) is 41.8 Å². The normalized spacial score (nSPS) is 11.9. The lowest BCUT2D eigenvalue weighted by molar-refractivity contribution is 0.236. The molecule has 0 aliphatic rings. The number of thiophene rings is 1. The number of carbonyl (C=O) groups excluding carboxylic acids is 1. The molecule has 2 aromatic rings. The van der Waals surface area contributed by atoms with Gasteiger partial charge in [0.15, 0.2) is 0 Å². The van der Waals surface area contributed by atoms with E-state index >= 15 is 0 Å². The molecule has 0 fully saturated rings. The van der Waals surface area contributed by atoms with Crippen LogP contribution in [0.4, 0.5) is 9.18 Å². The molecule has 2 N–H and O–H groups in total. The van der Waals surface area contributed by atoms with Crippen molar-refractivity contribution in [1.29, 1.82) is 0 Å². The highest BCUT2D eigenvalue weighted by Gasteiger charge is 2.15. The second-order valence-electron chi connectivity index (χ2n) is 4.84. The van der Waals surface area contributed by atoms with Gasteiger partial charge in [-0.15, -0.1) is 11.3 Å². The van der Waals surface area contributed by atoms with Gasteiger partial charge in [0.2, 0.25) is 0 Å². The Morgan fingerprint density at radius 2 is 2.19 bits per heavy atom. The molecule has 2 amide bonds. The summed E-state index contributed by atoms with van der Waals surface area (Å²) in [5.41, 5.74) is 2.20.